The zero-order valence-corrected chi connectivity index (χ0v) is 10.5. The summed E-state index contributed by atoms with van der Waals surface area (Å²) in [5.74, 6) is 0.392. The quantitative estimate of drug-likeness (QED) is 0.767. The lowest BCUT2D eigenvalue weighted by Crippen LogP contribution is -2.01. The zero-order chi connectivity index (χ0) is 13.4. The minimum atomic E-state index is -0.275. The van der Waals surface area contributed by atoms with Crippen molar-refractivity contribution in [2.75, 3.05) is 5.73 Å². The molecular formula is C14H13FN4. The van der Waals surface area contributed by atoms with Gasteiger partial charge in [0.15, 0.2) is 5.82 Å². The van der Waals surface area contributed by atoms with E-state index in [1.165, 1.54) is 12.1 Å². The zero-order valence-electron chi connectivity index (χ0n) is 10.5. The molecular weight excluding hydrogens is 243 g/mol. The van der Waals surface area contributed by atoms with Crippen LogP contribution in [0.25, 0.3) is 22.6 Å². The van der Waals surface area contributed by atoms with Crippen molar-refractivity contribution >= 4 is 16.7 Å². The van der Waals surface area contributed by atoms with Gasteiger partial charge < -0.3 is 10.3 Å². The fraction of sp³-hybridized carbons (Fsp3) is 0.143. The maximum Gasteiger partial charge on any atom is 0.161 e. The van der Waals surface area contributed by atoms with Gasteiger partial charge in [0.05, 0.1) is 16.7 Å². The molecule has 4 nitrogen and oxygen atoms in total. The predicted molar refractivity (Wildman–Crippen MR) is 73.0 cm³/mol. The molecule has 2 N–H and O–H groups in total. The lowest BCUT2D eigenvalue weighted by Gasteiger charge is -2.07. The summed E-state index contributed by atoms with van der Waals surface area (Å²) in [6.45, 7) is 2.65. The molecule has 3 aromatic rings. The number of hydrogen-bond donors (Lipinski definition) is 1. The monoisotopic (exact) mass is 256 g/mol. The summed E-state index contributed by atoms with van der Waals surface area (Å²) in [7, 11) is 0. The first-order valence-electron chi connectivity index (χ1n) is 6.07. The van der Waals surface area contributed by atoms with E-state index in [0.29, 0.717) is 23.8 Å². The van der Waals surface area contributed by atoms with Gasteiger partial charge in [-0.1, -0.05) is 0 Å². The standard InChI is InChI=1S/C14H13FN4/c1-2-19-12-8-9(15)5-6-11(12)18-14(19)13-10(16)4-3-7-17-13/h3-8H,2,16H2,1H3. The van der Waals surface area contributed by atoms with Gasteiger partial charge in [0.2, 0.25) is 0 Å². The van der Waals surface area contributed by atoms with Gasteiger partial charge in [0.25, 0.3) is 0 Å². The summed E-state index contributed by atoms with van der Waals surface area (Å²) >= 11 is 0. The molecule has 0 radical (unpaired) electrons. The van der Waals surface area contributed by atoms with Gasteiger partial charge in [0.1, 0.15) is 11.5 Å². The van der Waals surface area contributed by atoms with Crippen molar-refractivity contribution in [3.63, 3.8) is 0 Å². The molecule has 1 aromatic carbocycles. The van der Waals surface area contributed by atoms with Gasteiger partial charge in [-0.15, -0.1) is 0 Å². The SMILES string of the molecule is CCn1c(-c2ncccc2N)nc2ccc(F)cc21. The highest BCUT2D eigenvalue weighted by molar-refractivity contribution is 5.82. The maximum atomic E-state index is 13.4. The van der Waals surface area contributed by atoms with E-state index in [4.69, 9.17) is 5.73 Å². The van der Waals surface area contributed by atoms with Crippen LogP contribution in [0.5, 0.6) is 0 Å². The molecule has 96 valence electrons. The van der Waals surface area contributed by atoms with E-state index in [0.717, 1.165) is 11.0 Å². The van der Waals surface area contributed by atoms with E-state index in [1.54, 1.807) is 24.4 Å². The number of halogens is 1. The summed E-state index contributed by atoms with van der Waals surface area (Å²) in [5, 5.41) is 0. The van der Waals surface area contributed by atoms with E-state index in [9.17, 15) is 4.39 Å². The van der Waals surface area contributed by atoms with Gasteiger partial charge in [-0.2, -0.15) is 0 Å². The Bertz CT molecular complexity index is 748. The van der Waals surface area contributed by atoms with E-state index >= 15 is 0 Å². The molecule has 0 fully saturated rings. The number of imidazole rings is 1. The van der Waals surface area contributed by atoms with Crippen molar-refractivity contribution in [2.45, 2.75) is 13.5 Å². The Balaban J connectivity index is 2.33. The van der Waals surface area contributed by atoms with Crippen LogP contribution in [-0.2, 0) is 6.54 Å². The van der Waals surface area contributed by atoms with Crippen LogP contribution in [0.4, 0.5) is 10.1 Å². The summed E-state index contributed by atoms with van der Waals surface area (Å²) in [6.07, 6.45) is 1.67. The van der Waals surface area contributed by atoms with Crippen LogP contribution in [0, 0.1) is 5.82 Å². The fourth-order valence-corrected chi connectivity index (χ4v) is 2.20. The molecule has 0 saturated heterocycles. The highest BCUT2D eigenvalue weighted by Crippen LogP contribution is 2.27. The third-order valence-electron chi connectivity index (χ3n) is 3.08. The number of anilines is 1. The Kier molecular flexibility index (Phi) is 2.67. The predicted octanol–water partition coefficient (Wildman–Crippen LogP) is 2.84. The second-order valence-corrected chi connectivity index (χ2v) is 4.25. The van der Waals surface area contributed by atoms with Gasteiger partial charge in [0, 0.05) is 12.7 Å². The lowest BCUT2D eigenvalue weighted by atomic mass is 10.3. The van der Waals surface area contributed by atoms with Crippen LogP contribution in [0.15, 0.2) is 36.5 Å². The fourth-order valence-electron chi connectivity index (χ4n) is 2.20. The molecule has 0 unspecified atom stereocenters. The van der Waals surface area contributed by atoms with Gasteiger partial charge >= 0.3 is 0 Å². The molecule has 0 amide bonds. The van der Waals surface area contributed by atoms with Crippen LogP contribution in [-0.4, -0.2) is 14.5 Å². The first-order valence-corrected chi connectivity index (χ1v) is 6.07. The summed E-state index contributed by atoms with van der Waals surface area (Å²) in [5.41, 5.74) is 8.62. The van der Waals surface area contributed by atoms with Crippen molar-refractivity contribution in [3.8, 4) is 11.5 Å². The van der Waals surface area contributed by atoms with Crippen LogP contribution in [0.3, 0.4) is 0 Å². The van der Waals surface area contributed by atoms with E-state index in [1.807, 2.05) is 11.5 Å². The first-order chi connectivity index (χ1) is 9.20. The van der Waals surface area contributed by atoms with E-state index < -0.39 is 0 Å². The number of rotatable bonds is 2. The molecule has 3 rings (SSSR count). The summed E-state index contributed by atoms with van der Waals surface area (Å²) in [4.78, 5) is 8.78. The number of fused-ring (bicyclic) bond motifs is 1. The summed E-state index contributed by atoms with van der Waals surface area (Å²) in [6, 6.07) is 8.11. The molecule has 0 aliphatic carbocycles. The summed E-state index contributed by atoms with van der Waals surface area (Å²) < 4.78 is 15.3. The molecule has 5 heteroatoms. The van der Waals surface area contributed by atoms with Gasteiger partial charge in [-0.25, -0.2) is 9.37 Å². The molecule has 0 bridgehead atoms. The first kappa shape index (κ1) is 11.6. The number of nitrogen functional groups attached to an aromatic ring is 1. The molecule has 2 heterocycles. The number of aryl methyl sites for hydroxylation is 1. The Morgan fingerprint density at radius 1 is 1.32 bits per heavy atom. The van der Waals surface area contributed by atoms with E-state index in [2.05, 4.69) is 9.97 Å². The van der Waals surface area contributed by atoms with Crippen molar-refractivity contribution in [2.24, 2.45) is 0 Å². The topological polar surface area (TPSA) is 56.7 Å². The minimum Gasteiger partial charge on any atom is -0.397 e. The number of benzene rings is 1. The number of nitrogens with zero attached hydrogens (tertiary/aromatic N) is 3. The molecule has 0 saturated carbocycles. The normalized spacial score (nSPS) is 11.1. The molecule has 0 atom stereocenters. The Labute approximate surface area is 109 Å². The molecule has 2 aromatic heterocycles. The number of hydrogen-bond acceptors (Lipinski definition) is 3. The highest BCUT2D eigenvalue weighted by atomic mass is 19.1. The van der Waals surface area contributed by atoms with Crippen LogP contribution >= 0.6 is 0 Å². The average molecular weight is 256 g/mol. The van der Waals surface area contributed by atoms with Crippen molar-refractivity contribution < 1.29 is 4.39 Å². The van der Waals surface area contributed by atoms with Crippen molar-refractivity contribution in [1.82, 2.24) is 14.5 Å². The van der Waals surface area contributed by atoms with Crippen molar-refractivity contribution in [3.05, 3.63) is 42.3 Å². The number of aromatic nitrogens is 3. The van der Waals surface area contributed by atoms with Crippen LogP contribution in [0.1, 0.15) is 6.92 Å². The minimum absolute atomic E-state index is 0.275. The molecule has 0 spiro atoms. The smallest absolute Gasteiger partial charge is 0.161 e. The molecule has 0 aliphatic heterocycles. The lowest BCUT2D eigenvalue weighted by molar-refractivity contribution is 0.628. The second kappa shape index (κ2) is 4.35. The average Bonchev–Trinajstić information content (AvgIpc) is 2.76. The van der Waals surface area contributed by atoms with E-state index in [-0.39, 0.29) is 5.82 Å². The van der Waals surface area contributed by atoms with Gasteiger partial charge in [-0.05, 0) is 37.3 Å². The second-order valence-electron chi connectivity index (χ2n) is 4.25. The van der Waals surface area contributed by atoms with Gasteiger partial charge in [-0.3, -0.25) is 4.98 Å². The Morgan fingerprint density at radius 3 is 2.89 bits per heavy atom. The molecule has 19 heavy (non-hydrogen) atoms. The molecule has 0 aliphatic rings. The Hall–Kier alpha value is -2.43. The number of pyridine rings is 1. The Morgan fingerprint density at radius 2 is 2.16 bits per heavy atom. The third-order valence-corrected chi connectivity index (χ3v) is 3.08. The van der Waals surface area contributed by atoms with Crippen molar-refractivity contribution in [1.29, 1.82) is 0 Å². The van der Waals surface area contributed by atoms with Crippen LogP contribution < -0.4 is 5.73 Å². The third kappa shape index (κ3) is 1.83. The highest BCUT2D eigenvalue weighted by Gasteiger charge is 2.15. The number of nitrogens with two attached hydrogens (primary N) is 1. The van der Waals surface area contributed by atoms with Crippen LogP contribution in [0.2, 0.25) is 0 Å². The largest absolute Gasteiger partial charge is 0.397 e. The maximum absolute atomic E-state index is 13.4.